The number of aliphatic hydroxyl groups excluding tert-OH is 1. The maximum absolute atomic E-state index is 13.0. The van der Waals surface area contributed by atoms with Gasteiger partial charge in [-0.25, -0.2) is 4.52 Å². The smallest absolute Gasteiger partial charge is 0.290 e. The van der Waals surface area contributed by atoms with Crippen LogP contribution >= 0.6 is 11.8 Å². The summed E-state index contributed by atoms with van der Waals surface area (Å²) in [6, 6.07) is 5.68. The Kier molecular flexibility index (Phi) is 8.34. The molecule has 2 aliphatic heterocycles. The summed E-state index contributed by atoms with van der Waals surface area (Å²) in [5.41, 5.74) is 1.82. The third-order valence-electron chi connectivity index (χ3n) is 6.28. The lowest BCUT2D eigenvalue weighted by Crippen LogP contribution is -2.54. The molecule has 8 nitrogen and oxygen atoms in total. The molecule has 1 atom stereocenters. The Hall–Kier alpha value is -2.10. The molecule has 0 saturated carbocycles. The van der Waals surface area contributed by atoms with Crippen LogP contribution in [0.4, 0.5) is 0 Å². The van der Waals surface area contributed by atoms with E-state index in [-0.39, 0.29) is 23.9 Å². The van der Waals surface area contributed by atoms with Crippen molar-refractivity contribution < 1.29 is 19.8 Å². The van der Waals surface area contributed by atoms with Crippen LogP contribution < -0.4 is 0 Å². The summed E-state index contributed by atoms with van der Waals surface area (Å²) in [4.78, 5) is 25.8. The monoisotopic (exact) mass is 448 g/mol. The maximum Gasteiger partial charge on any atom is 0.290 e. The van der Waals surface area contributed by atoms with Crippen molar-refractivity contribution in [3.8, 4) is 0 Å². The summed E-state index contributed by atoms with van der Waals surface area (Å²) in [5.74, 6) is 1.27. The highest BCUT2D eigenvalue weighted by Gasteiger charge is 2.42. The Morgan fingerprint density at radius 1 is 1.35 bits per heavy atom. The molecule has 1 amide bonds. The number of carboxylic acid groups (broad SMARTS) is 1. The average Bonchev–Trinajstić information content (AvgIpc) is 3.22. The highest BCUT2D eigenvalue weighted by Crippen LogP contribution is 2.40. The first-order chi connectivity index (χ1) is 15.0. The van der Waals surface area contributed by atoms with E-state index < -0.39 is 0 Å². The molecule has 2 saturated heterocycles. The molecule has 2 aromatic heterocycles. The number of hydrogen-bond acceptors (Lipinski definition) is 6. The highest BCUT2D eigenvalue weighted by atomic mass is 32.2. The van der Waals surface area contributed by atoms with Crippen LogP contribution in [-0.2, 0) is 4.79 Å². The number of nitrogens with zero attached hydrogens (tertiary/aromatic N) is 4. The quantitative estimate of drug-likeness (QED) is 0.534. The first-order valence-corrected chi connectivity index (χ1v) is 12.1. The van der Waals surface area contributed by atoms with E-state index in [0.717, 1.165) is 63.1 Å². The van der Waals surface area contributed by atoms with Gasteiger partial charge in [-0.05, 0) is 67.9 Å². The minimum Gasteiger partial charge on any atom is -0.483 e. The fourth-order valence-electron chi connectivity index (χ4n) is 4.85. The van der Waals surface area contributed by atoms with Gasteiger partial charge in [-0.2, -0.15) is 16.9 Å². The zero-order valence-corrected chi connectivity index (χ0v) is 18.8. The Labute approximate surface area is 187 Å². The predicted molar refractivity (Wildman–Crippen MR) is 122 cm³/mol. The molecule has 2 N–H and O–H groups in total. The van der Waals surface area contributed by atoms with Gasteiger partial charge in [0.15, 0.2) is 0 Å². The standard InChI is InChI=1S/C21H30N4O2S.CH2O2/c1-28-12-2-8-23-15-19(26)14-21(16-23)5-10-24(11-6-21)20(27)17-4-9-25-18(13-17)3-7-22-25;2-1-3/h3-4,7,9,13,19,26H,2,5-6,8,10-12,14-16H2,1H3;1H,(H,2,3). The van der Waals surface area contributed by atoms with Crippen molar-refractivity contribution >= 4 is 29.7 Å². The number of aromatic nitrogens is 2. The normalized spacial score (nSPS) is 21.0. The molecule has 1 unspecified atom stereocenters. The molecule has 2 fully saturated rings. The van der Waals surface area contributed by atoms with Gasteiger partial charge >= 0.3 is 0 Å². The summed E-state index contributed by atoms with van der Waals surface area (Å²) < 4.78 is 1.77. The number of β-amino-alcohol motifs (C(OH)–C–C–N with tert-alkyl or cyclic N) is 1. The van der Waals surface area contributed by atoms with Crippen LogP contribution in [-0.4, -0.2) is 92.8 Å². The van der Waals surface area contributed by atoms with Crippen LogP contribution in [0.1, 0.15) is 36.0 Å². The molecule has 0 aliphatic carbocycles. The van der Waals surface area contributed by atoms with Gasteiger partial charge < -0.3 is 20.0 Å². The Bertz CT molecular complexity index is 866. The number of hydrogen-bond donors (Lipinski definition) is 2. The summed E-state index contributed by atoms with van der Waals surface area (Å²) >= 11 is 1.88. The lowest BCUT2D eigenvalue weighted by atomic mass is 9.71. The Balaban J connectivity index is 0.000000858. The van der Waals surface area contributed by atoms with Gasteiger partial charge in [-0.1, -0.05) is 0 Å². The largest absolute Gasteiger partial charge is 0.483 e. The van der Waals surface area contributed by atoms with Gasteiger partial charge in [0.25, 0.3) is 12.4 Å². The first kappa shape index (κ1) is 23.6. The number of pyridine rings is 1. The van der Waals surface area contributed by atoms with Gasteiger partial charge in [-0.15, -0.1) is 0 Å². The van der Waals surface area contributed by atoms with E-state index in [9.17, 15) is 9.90 Å². The molecule has 0 bridgehead atoms. The summed E-state index contributed by atoms with van der Waals surface area (Å²) in [6.07, 6.45) is 9.49. The van der Waals surface area contributed by atoms with E-state index in [1.165, 1.54) is 12.2 Å². The molecule has 4 rings (SSSR count). The molecule has 1 spiro atoms. The van der Waals surface area contributed by atoms with E-state index in [1.54, 1.807) is 10.7 Å². The van der Waals surface area contributed by atoms with E-state index in [0.29, 0.717) is 0 Å². The second-order valence-corrected chi connectivity index (χ2v) is 9.44. The highest BCUT2D eigenvalue weighted by molar-refractivity contribution is 7.98. The molecule has 2 aliphatic rings. The number of rotatable bonds is 5. The van der Waals surface area contributed by atoms with Crippen LogP contribution in [0.15, 0.2) is 30.6 Å². The summed E-state index contributed by atoms with van der Waals surface area (Å²) in [6.45, 7) is 4.21. The van der Waals surface area contributed by atoms with Gasteiger partial charge in [0, 0.05) is 44.1 Å². The molecule has 31 heavy (non-hydrogen) atoms. The molecular formula is C22H32N4O4S. The molecule has 4 heterocycles. The van der Waals surface area contributed by atoms with E-state index >= 15 is 0 Å². The van der Waals surface area contributed by atoms with Gasteiger partial charge in [-0.3, -0.25) is 9.59 Å². The second-order valence-electron chi connectivity index (χ2n) is 8.45. The minimum atomic E-state index is -0.250. The van der Waals surface area contributed by atoms with Crippen molar-refractivity contribution in [1.82, 2.24) is 19.4 Å². The zero-order chi connectivity index (χ0) is 22.3. The van der Waals surface area contributed by atoms with Crippen LogP contribution in [0.25, 0.3) is 5.52 Å². The fraction of sp³-hybridized carbons (Fsp3) is 0.591. The number of piperidine rings is 2. The van der Waals surface area contributed by atoms with Crippen LogP contribution in [0.2, 0.25) is 0 Å². The fourth-order valence-corrected chi connectivity index (χ4v) is 5.27. The number of likely N-dealkylation sites (tertiary alicyclic amines) is 2. The summed E-state index contributed by atoms with van der Waals surface area (Å²) in [5, 5.41) is 21.5. The lowest BCUT2D eigenvalue weighted by Gasteiger charge is -2.49. The Morgan fingerprint density at radius 2 is 2.10 bits per heavy atom. The van der Waals surface area contributed by atoms with Crippen molar-refractivity contribution in [3.05, 3.63) is 36.2 Å². The van der Waals surface area contributed by atoms with Gasteiger partial charge in [0.1, 0.15) is 0 Å². The molecule has 9 heteroatoms. The molecule has 170 valence electrons. The average molecular weight is 449 g/mol. The zero-order valence-electron chi connectivity index (χ0n) is 18.0. The van der Waals surface area contributed by atoms with E-state index in [4.69, 9.17) is 9.90 Å². The van der Waals surface area contributed by atoms with Gasteiger partial charge in [0.2, 0.25) is 0 Å². The number of aliphatic hydroxyl groups is 1. The minimum absolute atomic E-state index is 0.103. The SMILES string of the molecule is CSCCCN1CC(O)CC2(CCN(C(=O)c3ccn4nccc4c3)CC2)C1.O=CO. The van der Waals surface area contributed by atoms with Crippen LogP contribution in [0.3, 0.4) is 0 Å². The van der Waals surface area contributed by atoms with Crippen molar-refractivity contribution in [2.45, 2.75) is 31.8 Å². The summed E-state index contributed by atoms with van der Waals surface area (Å²) in [7, 11) is 0. The molecule has 0 aromatic carbocycles. The third kappa shape index (κ3) is 5.99. The number of thioether (sulfide) groups is 1. The first-order valence-electron chi connectivity index (χ1n) is 10.7. The molecule has 2 aromatic rings. The van der Waals surface area contributed by atoms with Crippen molar-refractivity contribution in [1.29, 1.82) is 0 Å². The second kappa shape index (κ2) is 11.0. The maximum atomic E-state index is 13.0. The van der Waals surface area contributed by atoms with Crippen LogP contribution in [0, 0.1) is 5.41 Å². The third-order valence-corrected chi connectivity index (χ3v) is 6.97. The number of amides is 1. The number of carbonyl (C=O) groups excluding carboxylic acids is 1. The molecular weight excluding hydrogens is 416 g/mol. The van der Waals surface area contributed by atoms with Crippen LogP contribution in [0.5, 0.6) is 0 Å². The number of carbonyl (C=O) groups is 2. The predicted octanol–water partition coefficient (Wildman–Crippen LogP) is 2.08. The van der Waals surface area contributed by atoms with Crippen molar-refractivity contribution in [2.75, 3.05) is 44.7 Å². The Morgan fingerprint density at radius 3 is 2.81 bits per heavy atom. The van der Waals surface area contributed by atoms with Gasteiger partial charge in [0.05, 0.1) is 11.6 Å². The number of fused-ring (bicyclic) bond motifs is 1. The van der Waals surface area contributed by atoms with E-state index in [1.807, 2.05) is 41.1 Å². The molecule has 0 radical (unpaired) electrons. The van der Waals surface area contributed by atoms with Crippen molar-refractivity contribution in [2.24, 2.45) is 5.41 Å². The van der Waals surface area contributed by atoms with Crippen molar-refractivity contribution in [3.63, 3.8) is 0 Å². The lowest BCUT2D eigenvalue weighted by molar-refractivity contribution is -0.122. The van der Waals surface area contributed by atoms with E-state index in [2.05, 4.69) is 16.3 Å². The topological polar surface area (TPSA) is 98.4 Å².